The highest BCUT2D eigenvalue weighted by Gasteiger charge is 2.25. The second-order valence-electron chi connectivity index (χ2n) is 8.11. The molecule has 5 aromatic rings. The van der Waals surface area contributed by atoms with Gasteiger partial charge >= 0.3 is 0 Å². The first-order valence-corrected chi connectivity index (χ1v) is 11.2. The fourth-order valence-corrected chi connectivity index (χ4v) is 4.16. The van der Waals surface area contributed by atoms with E-state index >= 15 is 0 Å². The molecule has 0 saturated carbocycles. The zero-order valence-corrected chi connectivity index (χ0v) is 18.6. The molecule has 1 amide bonds. The number of carbonyl (C=O) groups is 1. The highest BCUT2D eigenvalue weighted by molar-refractivity contribution is 5.87. The predicted octanol–water partition coefficient (Wildman–Crippen LogP) is 2.09. The number of nitrogens with one attached hydrogen (secondary N) is 2. The van der Waals surface area contributed by atoms with Gasteiger partial charge in [-0.25, -0.2) is 10.1 Å². The van der Waals surface area contributed by atoms with Crippen molar-refractivity contribution in [2.24, 2.45) is 0 Å². The maximum atomic E-state index is 12.2. The van der Waals surface area contributed by atoms with E-state index in [4.69, 9.17) is 4.74 Å². The number of anilines is 1. The summed E-state index contributed by atoms with van der Waals surface area (Å²) >= 11 is 0. The van der Waals surface area contributed by atoms with Crippen LogP contribution in [0.5, 0.6) is 5.75 Å². The van der Waals surface area contributed by atoms with Crippen molar-refractivity contribution in [3.63, 3.8) is 0 Å². The van der Waals surface area contributed by atoms with Gasteiger partial charge in [-0.3, -0.25) is 4.79 Å². The van der Waals surface area contributed by atoms with Crippen molar-refractivity contribution in [2.75, 3.05) is 24.5 Å². The molecule has 1 saturated heterocycles. The first kappa shape index (κ1) is 20.8. The fraction of sp³-hybridized carbons (Fsp3) is 0.167. The van der Waals surface area contributed by atoms with E-state index in [1.165, 1.54) is 0 Å². The molecule has 11 nitrogen and oxygen atoms in total. The van der Waals surface area contributed by atoms with Crippen LogP contribution in [0.4, 0.5) is 5.82 Å². The van der Waals surface area contributed by atoms with Gasteiger partial charge in [0.25, 0.3) is 0 Å². The number of hydrogen-bond acceptors (Lipinski definition) is 8. The van der Waals surface area contributed by atoms with Crippen LogP contribution in [0.2, 0.25) is 0 Å². The van der Waals surface area contributed by atoms with Gasteiger partial charge in [-0.1, -0.05) is 42.5 Å². The van der Waals surface area contributed by atoms with Gasteiger partial charge in [-0.05, 0) is 33.7 Å². The van der Waals surface area contributed by atoms with Gasteiger partial charge in [0.05, 0.1) is 18.3 Å². The van der Waals surface area contributed by atoms with Crippen LogP contribution in [0.1, 0.15) is 5.56 Å². The number of ether oxygens (including phenoxy) is 1. The molecule has 0 radical (unpaired) electrons. The molecule has 6 rings (SSSR count). The third-order valence-corrected chi connectivity index (χ3v) is 5.85. The van der Waals surface area contributed by atoms with Crippen LogP contribution in [0.25, 0.3) is 28.2 Å². The van der Waals surface area contributed by atoms with Gasteiger partial charge in [0, 0.05) is 24.8 Å². The minimum absolute atomic E-state index is 0.0383. The minimum Gasteiger partial charge on any atom is -0.489 e. The Balaban J connectivity index is 1.38. The van der Waals surface area contributed by atoms with Crippen LogP contribution in [-0.4, -0.2) is 60.8 Å². The maximum Gasteiger partial charge on any atom is 0.239 e. The number of H-pyrrole nitrogens is 1. The second-order valence-corrected chi connectivity index (χ2v) is 8.11. The molecule has 2 N–H and O–H groups in total. The van der Waals surface area contributed by atoms with E-state index in [-0.39, 0.29) is 12.5 Å². The average molecular weight is 467 g/mol. The molecule has 1 aliphatic heterocycles. The van der Waals surface area contributed by atoms with Crippen molar-refractivity contribution in [2.45, 2.75) is 6.61 Å². The van der Waals surface area contributed by atoms with Crippen LogP contribution >= 0.6 is 0 Å². The Morgan fingerprint density at radius 1 is 1.00 bits per heavy atom. The Labute approximate surface area is 199 Å². The van der Waals surface area contributed by atoms with E-state index < -0.39 is 0 Å². The first-order valence-electron chi connectivity index (χ1n) is 11.2. The van der Waals surface area contributed by atoms with E-state index in [1.807, 2.05) is 59.5 Å². The highest BCUT2D eigenvalue weighted by Crippen LogP contribution is 2.34. The SMILES string of the molecule is O=C1CN(c2c(-c3ccc(OCc4ccccc4)cc3)cnc3c(-c4nnn[nH]4)cnn23)CCN1. The molecule has 1 aliphatic rings. The number of benzene rings is 2. The third-order valence-electron chi connectivity index (χ3n) is 5.85. The van der Waals surface area contributed by atoms with Crippen molar-refractivity contribution in [3.05, 3.63) is 72.6 Å². The largest absolute Gasteiger partial charge is 0.489 e. The van der Waals surface area contributed by atoms with Gasteiger partial charge < -0.3 is 15.0 Å². The number of hydrogen-bond donors (Lipinski definition) is 2. The van der Waals surface area contributed by atoms with Crippen LogP contribution in [0.15, 0.2) is 67.0 Å². The molecule has 4 heterocycles. The number of rotatable bonds is 6. The summed E-state index contributed by atoms with van der Waals surface area (Å²) in [7, 11) is 0. The number of piperazine rings is 1. The molecule has 11 heteroatoms. The number of carbonyl (C=O) groups excluding carboxylic acids is 1. The molecule has 0 unspecified atom stereocenters. The molecule has 2 aromatic carbocycles. The monoisotopic (exact) mass is 467 g/mol. The zero-order valence-electron chi connectivity index (χ0n) is 18.6. The molecule has 35 heavy (non-hydrogen) atoms. The second kappa shape index (κ2) is 8.86. The highest BCUT2D eigenvalue weighted by atomic mass is 16.5. The third kappa shape index (κ3) is 4.03. The fourth-order valence-electron chi connectivity index (χ4n) is 4.16. The predicted molar refractivity (Wildman–Crippen MR) is 128 cm³/mol. The van der Waals surface area contributed by atoms with E-state index in [0.29, 0.717) is 36.7 Å². The van der Waals surface area contributed by atoms with Crippen molar-refractivity contribution < 1.29 is 9.53 Å². The average Bonchev–Trinajstić information content (AvgIpc) is 3.58. The van der Waals surface area contributed by atoms with Gasteiger partial charge in [0.15, 0.2) is 11.5 Å². The zero-order chi connectivity index (χ0) is 23.6. The quantitative estimate of drug-likeness (QED) is 0.389. The topological polar surface area (TPSA) is 126 Å². The summed E-state index contributed by atoms with van der Waals surface area (Å²) in [6.45, 7) is 1.92. The van der Waals surface area contributed by atoms with Crippen molar-refractivity contribution in [1.82, 2.24) is 40.5 Å². The van der Waals surface area contributed by atoms with Crippen LogP contribution in [0, 0.1) is 0 Å². The summed E-state index contributed by atoms with van der Waals surface area (Å²) in [5.74, 6) is 1.98. The lowest BCUT2D eigenvalue weighted by molar-refractivity contribution is -0.120. The molecule has 0 spiro atoms. The smallest absolute Gasteiger partial charge is 0.239 e. The minimum atomic E-state index is -0.0383. The van der Waals surface area contributed by atoms with Crippen LogP contribution in [-0.2, 0) is 11.4 Å². The van der Waals surface area contributed by atoms with E-state index in [9.17, 15) is 4.79 Å². The van der Waals surface area contributed by atoms with Gasteiger partial charge in [-0.2, -0.15) is 9.61 Å². The van der Waals surface area contributed by atoms with Gasteiger partial charge in [0.2, 0.25) is 5.91 Å². The Morgan fingerprint density at radius 2 is 1.86 bits per heavy atom. The summed E-state index contributed by atoms with van der Waals surface area (Å²) in [6, 6.07) is 17.9. The summed E-state index contributed by atoms with van der Waals surface area (Å²) in [4.78, 5) is 18.9. The molecule has 174 valence electrons. The van der Waals surface area contributed by atoms with Crippen LogP contribution < -0.4 is 15.0 Å². The molecule has 0 atom stereocenters. The van der Waals surface area contributed by atoms with Gasteiger partial charge in [0.1, 0.15) is 18.2 Å². The lowest BCUT2D eigenvalue weighted by Crippen LogP contribution is -2.48. The standard InChI is InChI=1S/C24H21N9O2/c34-21-14-32(11-10-25-21)24-19(12-26-23-20(13-27-33(23)24)22-28-30-31-29-22)17-6-8-18(9-7-17)35-15-16-4-2-1-3-5-16/h1-9,12-13H,10-11,14-15H2,(H,25,34)(H,28,29,30,31). The molecular weight excluding hydrogens is 446 g/mol. The van der Waals surface area contributed by atoms with Crippen molar-refractivity contribution >= 4 is 17.4 Å². The Kier molecular flexibility index (Phi) is 5.26. The molecule has 0 aliphatic carbocycles. The molecule has 3 aromatic heterocycles. The number of amides is 1. The molecular formula is C24H21N9O2. The van der Waals surface area contributed by atoms with E-state index in [0.717, 1.165) is 28.3 Å². The number of tetrazole rings is 1. The number of nitrogens with zero attached hydrogens (tertiary/aromatic N) is 7. The number of aromatic amines is 1. The Morgan fingerprint density at radius 3 is 2.63 bits per heavy atom. The summed E-state index contributed by atoms with van der Waals surface area (Å²) < 4.78 is 7.68. The van der Waals surface area contributed by atoms with Crippen molar-refractivity contribution in [3.8, 4) is 28.3 Å². The molecule has 0 bridgehead atoms. The van der Waals surface area contributed by atoms with Crippen LogP contribution in [0.3, 0.4) is 0 Å². The van der Waals surface area contributed by atoms with Gasteiger partial charge in [-0.15, -0.1) is 5.10 Å². The summed E-state index contributed by atoms with van der Waals surface area (Å²) in [6.07, 6.45) is 3.47. The summed E-state index contributed by atoms with van der Waals surface area (Å²) in [5, 5.41) is 21.5. The van der Waals surface area contributed by atoms with E-state index in [2.05, 4.69) is 36.0 Å². The Bertz CT molecular complexity index is 1460. The Hall–Kier alpha value is -4.80. The number of aromatic nitrogens is 7. The summed E-state index contributed by atoms with van der Waals surface area (Å²) in [5.41, 5.74) is 4.16. The lowest BCUT2D eigenvalue weighted by Gasteiger charge is -2.30. The van der Waals surface area contributed by atoms with E-state index in [1.54, 1.807) is 16.9 Å². The first-order chi connectivity index (χ1) is 17.3. The van der Waals surface area contributed by atoms with Crippen molar-refractivity contribution in [1.29, 1.82) is 0 Å². The lowest BCUT2D eigenvalue weighted by atomic mass is 10.1. The maximum absolute atomic E-state index is 12.2. The number of fused-ring (bicyclic) bond motifs is 1. The molecule has 1 fully saturated rings. The normalized spacial score (nSPS) is 13.7.